The zero-order valence-electron chi connectivity index (χ0n) is 18.2. The molecule has 1 heterocycles. The van der Waals surface area contributed by atoms with Crippen molar-refractivity contribution in [2.75, 3.05) is 38.8 Å². The van der Waals surface area contributed by atoms with Crippen LogP contribution in [0, 0.1) is 0 Å². The lowest BCUT2D eigenvalue weighted by atomic mass is 10.0. The minimum atomic E-state index is -0.279. The van der Waals surface area contributed by atoms with Crippen molar-refractivity contribution in [2.45, 2.75) is 12.6 Å². The monoisotopic (exact) mass is 432 g/mol. The molecule has 1 atom stereocenters. The van der Waals surface area contributed by atoms with Gasteiger partial charge in [0.1, 0.15) is 30.9 Å². The molecule has 1 amide bonds. The summed E-state index contributed by atoms with van der Waals surface area (Å²) >= 11 is 0. The van der Waals surface area contributed by atoms with E-state index in [-0.39, 0.29) is 12.1 Å². The van der Waals surface area contributed by atoms with Gasteiger partial charge < -0.3 is 24.4 Å². The highest BCUT2D eigenvalue weighted by Crippen LogP contribution is 2.34. The van der Waals surface area contributed by atoms with Crippen molar-refractivity contribution in [2.24, 2.45) is 0 Å². The minimum absolute atomic E-state index is 0.0167. The van der Waals surface area contributed by atoms with Gasteiger partial charge in [-0.1, -0.05) is 42.5 Å². The van der Waals surface area contributed by atoms with Crippen molar-refractivity contribution < 1.29 is 19.0 Å². The molecule has 32 heavy (non-hydrogen) atoms. The Kier molecular flexibility index (Phi) is 7.25. The van der Waals surface area contributed by atoms with Gasteiger partial charge in [-0.15, -0.1) is 0 Å². The molecule has 1 unspecified atom stereocenters. The standard InChI is InChI=1S/C26H28N2O4/c1-30-16-8-15-28-25(27-24-14-6-5-13-23(24)26(28)29)20-9-7-12-22(19-20)32-18-17-31-21-10-3-2-4-11-21/h2-7,9-14,19,25,27H,8,15-18H2,1H3. The van der Waals surface area contributed by atoms with Gasteiger partial charge in [-0.2, -0.15) is 0 Å². The summed E-state index contributed by atoms with van der Waals surface area (Å²) in [6, 6.07) is 25.1. The summed E-state index contributed by atoms with van der Waals surface area (Å²) in [5, 5.41) is 3.52. The van der Waals surface area contributed by atoms with Crippen LogP contribution in [0.3, 0.4) is 0 Å². The lowest BCUT2D eigenvalue weighted by Crippen LogP contribution is -2.43. The fourth-order valence-electron chi connectivity index (χ4n) is 3.78. The zero-order chi connectivity index (χ0) is 22.2. The van der Waals surface area contributed by atoms with Crippen LogP contribution in [-0.4, -0.2) is 44.3 Å². The Morgan fingerprint density at radius 2 is 1.56 bits per heavy atom. The van der Waals surface area contributed by atoms with Gasteiger partial charge in [-0.25, -0.2) is 0 Å². The molecule has 0 aromatic heterocycles. The van der Waals surface area contributed by atoms with Crippen LogP contribution in [-0.2, 0) is 4.74 Å². The molecule has 4 rings (SSSR count). The number of carbonyl (C=O) groups is 1. The Morgan fingerprint density at radius 3 is 2.38 bits per heavy atom. The fraction of sp³-hybridized carbons (Fsp3) is 0.269. The number of ether oxygens (including phenoxy) is 3. The molecule has 1 aliphatic heterocycles. The van der Waals surface area contributed by atoms with Crippen molar-refractivity contribution in [3.8, 4) is 11.5 Å². The smallest absolute Gasteiger partial charge is 0.257 e. The summed E-state index contributed by atoms with van der Waals surface area (Å²) in [4.78, 5) is 15.1. The van der Waals surface area contributed by atoms with Gasteiger partial charge in [0.2, 0.25) is 0 Å². The second kappa shape index (κ2) is 10.7. The van der Waals surface area contributed by atoms with Crippen molar-refractivity contribution >= 4 is 11.6 Å². The molecule has 0 fully saturated rings. The quantitative estimate of drug-likeness (QED) is 0.469. The normalized spacial score (nSPS) is 15.1. The van der Waals surface area contributed by atoms with Crippen molar-refractivity contribution in [1.29, 1.82) is 0 Å². The maximum Gasteiger partial charge on any atom is 0.257 e. The van der Waals surface area contributed by atoms with E-state index >= 15 is 0 Å². The van der Waals surface area contributed by atoms with Gasteiger partial charge in [0.25, 0.3) is 5.91 Å². The first-order valence-corrected chi connectivity index (χ1v) is 10.8. The number of para-hydroxylation sites is 2. The van der Waals surface area contributed by atoms with E-state index in [1.165, 1.54) is 0 Å². The van der Waals surface area contributed by atoms with E-state index < -0.39 is 0 Å². The topological polar surface area (TPSA) is 60.0 Å². The van der Waals surface area contributed by atoms with Crippen molar-refractivity contribution in [3.05, 3.63) is 90.0 Å². The number of nitrogens with one attached hydrogen (secondary N) is 1. The molecule has 6 nitrogen and oxygen atoms in total. The molecule has 0 saturated heterocycles. The van der Waals surface area contributed by atoms with Gasteiger partial charge in [0.05, 0.1) is 5.56 Å². The number of methoxy groups -OCH3 is 1. The van der Waals surface area contributed by atoms with Gasteiger partial charge in [0.15, 0.2) is 0 Å². The number of hydrogen-bond donors (Lipinski definition) is 1. The highest BCUT2D eigenvalue weighted by molar-refractivity contribution is 6.01. The molecular formula is C26H28N2O4. The largest absolute Gasteiger partial charge is 0.490 e. The molecule has 3 aromatic rings. The average Bonchev–Trinajstić information content (AvgIpc) is 2.84. The average molecular weight is 433 g/mol. The van der Waals surface area contributed by atoms with Crippen LogP contribution in [0.2, 0.25) is 0 Å². The van der Waals surface area contributed by atoms with Crippen LogP contribution < -0.4 is 14.8 Å². The maximum atomic E-state index is 13.2. The predicted octanol–water partition coefficient (Wildman–Crippen LogP) is 4.75. The van der Waals surface area contributed by atoms with Crippen LogP contribution in [0.25, 0.3) is 0 Å². The third-order valence-electron chi connectivity index (χ3n) is 5.31. The van der Waals surface area contributed by atoms with Crippen LogP contribution in [0.5, 0.6) is 11.5 Å². The molecular weight excluding hydrogens is 404 g/mol. The Bertz CT molecular complexity index is 1030. The van der Waals surface area contributed by atoms with Crippen LogP contribution in [0.4, 0.5) is 5.69 Å². The van der Waals surface area contributed by atoms with Crippen molar-refractivity contribution in [1.82, 2.24) is 4.90 Å². The third-order valence-corrected chi connectivity index (χ3v) is 5.31. The van der Waals surface area contributed by atoms with Crippen LogP contribution in [0.15, 0.2) is 78.9 Å². The third kappa shape index (κ3) is 5.21. The fourth-order valence-corrected chi connectivity index (χ4v) is 3.78. The number of hydrogen-bond acceptors (Lipinski definition) is 5. The molecule has 1 N–H and O–H groups in total. The number of anilines is 1. The summed E-state index contributed by atoms with van der Waals surface area (Å²) in [7, 11) is 1.67. The Labute approximate surface area is 188 Å². The van der Waals surface area contributed by atoms with Crippen molar-refractivity contribution in [3.63, 3.8) is 0 Å². The molecule has 166 valence electrons. The molecule has 1 aliphatic rings. The van der Waals surface area contributed by atoms with Gasteiger partial charge >= 0.3 is 0 Å². The van der Waals surface area contributed by atoms with E-state index in [9.17, 15) is 4.79 Å². The van der Waals surface area contributed by atoms with Crippen LogP contribution >= 0.6 is 0 Å². The Morgan fingerprint density at radius 1 is 0.844 bits per heavy atom. The lowest BCUT2D eigenvalue weighted by molar-refractivity contribution is 0.0660. The first-order chi connectivity index (χ1) is 15.8. The first-order valence-electron chi connectivity index (χ1n) is 10.8. The van der Waals surface area contributed by atoms with Gasteiger partial charge in [0, 0.05) is 25.9 Å². The summed E-state index contributed by atoms with van der Waals surface area (Å²) in [6.45, 7) is 2.07. The molecule has 3 aromatic carbocycles. The van der Waals surface area contributed by atoms with E-state index in [2.05, 4.69) is 5.32 Å². The number of carbonyl (C=O) groups excluding carboxylic acids is 1. The van der Waals surface area contributed by atoms with E-state index in [0.717, 1.165) is 29.2 Å². The molecule has 0 aliphatic carbocycles. The van der Waals surface area contributed by atoms with E-state index in [1.54, 1.807) is 7.11 Å². The van der Waals surface area contributed by atoms with Gasteiger partial charge in [-0.05, 0) is 48.4 Å². The Hall–Kier alpha value is -3.51. The second-order valence-corrected chi connectivity index (χ2v) is 7.52. The van der Waals surface area contributed by atoms with E-state index in [4.69, 9.17) is 14.2 Å². The molecule has 0 radical (unpaired) electrons. The predicted molar refractivity (Wildman–Crippen MR) is 124 cm³/mol. The van der Waals surface area contributed by atoms with Crippen LogP contribution in [0.1, 0.15) is 28.5 Å². The van der Waals surface area contributed by atoms with E-state index in [1.807, 2.05) is 83.8 Å². The Balaban J connectivity index is 1.46. The number of fused-ring (bicyclic) bond motifs is 1. The molecule has 0 bridgehead atoms. The minimum Gasteiger partial charge on any atom is -0.490 e. The lowest BCUT2D eigenvalue weighted by Gasteiger charge is -2.38. The highest BCUT2D eigenvalue weighted by atomic mass is 16.5. The number of nitrogens with zero attached hydrogens (tertiary/aromatic N) is 1. The van der Waals surface area contributed by atoms with E-state index in [0.29, 0.717) is 31.9 Å². The SMILES string of the molecule is COCCCN1C(=O)c2ccccc2NC1c1cccc(OCCOc2ccccc2)c1. The molecule has 0 saturated carbocycles. The summed E-state index contributed by atoms with van der Waals surface area (Å²) < 4.78 is 16.8. The number of rotatable bonds is 10. The highest BCUT2D eigenvalue weighted by Gasteiger charge is 2.32. The summed E-state index contributed by atoms with van der Waals surface area (Å²) in [6.07, 6.45) is 0.480. The second-order valence-electron chi connectivity index (χ2n) is 7.52. The zero-order valence-corrected chi connectivity index (χ0v) is 18.2. The maximum absolute atomic E-state index is 13.2. The molecule has 0 spiro atoms. The number of amides is 1. The molecule has 6 heteroatoms. The number of benzene rings is 3. The first kappa shape index (κ1) is 21.7. The summed E-state index contributed by atoms with van der Waals surface area (Å²) in [5.41, 5.74) is 2.49. The summed E-state index contributed by atoms with van der Waals surface area (Å²) in [5.74, 6) is 1.58. The van der Waals surface area contributed by atoms with Gasteiger partial charge in [-0.3, -0.25) is 4.79 Å².